The van der Waals surface area contributed by atoms with Gasteiger partial charge in [0.25, 0.3) is 0 Å². The maximum Gasteiger partial charge on any atom is 0.141 e. The van der Waals surface area contributed by atoms with Crippen LogP contribution in [0.25, 0.3) is 0 Å². The summed E-state index contributed by atoms with van der Waals surface area (Å²) < 4.78 is 12.7. The molecule has 0 unspecified atom stereocenters. The molecule has 35 heavy (non-hydrogen) atoms. The second kappa shape index (κ2) is 11.0. The lowest BCUT2D eigenvalue weighted by Crippen LogP contribution is -2.30. The van der Waals surface area contributed by atoms with Crippen molar-refractivity contribution in [3.05, 3.63) is 77.7 Å². The van der Waals surface area contributed by atoms with Gasteiger partial charge in [-0.2, -0.15) is 0 Å². The molecule has 0 aromatic carbocycles. The first kappa shape index (κ1) is 24.2. The van der Waals surface area contributed by atoms with E-state index in [0.717, 1.165) is 40.1 Å². The summed E-state index contributed by atoms with van der Waals surface area (Å²) in [6.45, 7) is 13.2. The minimum Gasteiger partial charge on any atom is -0.492 e. The molecular weight excluding hydrogens is 440 g/mol. The average Bonchev–Trinajstić information content (AvgIpc) is 2.85. The molecule has 0 amide bonds. The van der Waals surface area contributed by atoms with E-state index < -0.39 is 0 Å². The molecule has 0 radical (unpaired) electrons. The maximum absolute atomic E-state index is 6.40. The van der Waals surface area contributed by atoms with Crippen LogP contribution >= 0.6 is 0 Å². The van der Waals surface area contributed by atoms with Crippen molar-refractivity contribution in [3.8, 4) is 11.5 Å². The van der Waals surface area contributed by atoms with E-state index in [1.165, 1.54) is 0 Å². The van der Waals surface area contributed by atoms with E-state index in [1.807, 2.05) is 45.2 Å². The van der Waals surface area contributed by atoms with Crippen molar-refractivity contribution in [2.45, 2.75) is 46.6 Å². The largest absolute Gasteiger partial charge is 0.492 e. The van der Waals surface area contributed by atoms with E-state index in [2.05, 4.69) is 39.1 Å². The summed E-state index contributed by atoms with van der Waals surface area (Å²) in [6, 6.07) is 1.88. The van der Waals surface area contributed by atoms with Crippen LogP contribution in [0, 0.1) is 0 Å². The highest BCUT2D eigenvalue weighted by atomic mass is 16.5. The van der Waals surface area contributed by atoms with E-state index in [0.29, 0.717) is 42.8 Å². The SMILES string of the molecule is C=C(C)/C(=N\C=C\C)c1cnc2cc1O[C@@H](C)CCOc1c(CC)cncc1C1=NC(=CCN1)N2. The molecule has 4 rings (SSSR count). The van der Waals surface area contributed by atoms with E-state index in [1.54, 1.807) is 18.6 Å². The van der Waals surface area contributed by atoms with Gasteiger partial charge in [0.2, 0.25) is 0 Å². The number of aryl methyl sites for hydroxylation is 1. The lowest BCUT2D eigenvalue weighted by molar-refractivity contribution is 0.176. The Balaban J connectivity index is 1.78. The van der Waals surface area contributed by atoms with E-state index >= 15 is 0 Å². The summed E-state index contributed by atoms with van der Waals surface area (Å²) in [5, 5.41) is 6.67. The second-order valence-corrected chi connectivity index (χ2v) is 8.46. The topological polar surface area (TPSA) is 93.0 Å². The number of aliphatic imine (C=N–C) groups is 2. The number of hydrogen-bond donors (Lipinski definition) is 2. The van der Waals surface area contributed by atoms with Crippen LogP contribution in [0.4, 0.5) is 5.82 Å². The van der Waals surface area contributed by atoms with Gasteiger partial charge in [0.05, 0.1) is 29.5 Å². The molecule has 0 saturated heterocycles. The molecular formula is C27H32N6O2. The molecule has 0 spiro atoms. The van der Waals surface area contributed by atoms with Gasteiger partial charge in [-0.1, -0.05) is 19.6 Å². The predicted molar refractivity (Wildman–Crippen MR) is 140 cm³/mol. The number of allylic oxidation sites excluding steroid dienone is 2. The number of aromatic nitrogens is 2. The number of ether oxygens (including phenoxy) is 2. The van der Waals surface area contributed by atoms with Crippen molar-refractivity contribution in [2.24, 2.45) is 9.98 Å². The number of anilines is 1. The Labute approximate surface area is 206 Å². The van der Waals surface area contributed by atoms with E-state index in [9.17, 15) is 0 Å². The van der Waals surface area contributed by atoms with Gasteiger partial charge in [-0.3, -0.25) is 9.98 Å². The fourth-order valence-corrected chi connectivity index (χ4v) is 3.84. The summed E-state index contributed by atoms with van der Waals surface area (Å²) in [6.07, 6.45) is 12.4. The molecule has 8 nitrogen and oxygen atoms in total. The number of nitrogens with one attached hydrogen (secondary N) is 2. The Morgan fingerprint density at radius 1 is 1.31 bits per heavy atom. The van der Waals surface area contributed by atoms with Gasteiger partial charge >= 0.3 is 0 Å². The molecule has 0 aliphatic carbocycles. The molecule has 182 valence electrons. The second-order valence-electron chi connectivity index (χ2n) is 8.46. The van der Waals surface area contributed by atoms with Crippen molar-refractivity contribution < 1.29 is 9.47 Å². The molecule has 4 heterocycles. The molecule has 4 bridgehead atoms. The highest BCUT2D eigenvalue weighted by Crippen LogP contribution is 2.29. The van der Waals surface area contributed by atoms with Crippen molar-refractivity contribution in [2.75, 3.05) is 18.5 Å². The van der Waals surface area contributed by atoms with Gasteiger partial charge in [-0.15, -0.1) is 0 Å². The average molecular weight is 473 g/mol. The third-order valence-electron chi connectivity index (χ3n) is 5.64. The fourth-order valence-electron chi connectivity index (χ4n) is 3.84. The quantitative estimate of drug-likeness (QED) is 0.622. The lowest BCUT2D eigenvalue weighted by atomic mass is 10.1. The van der Waals surface area contributed by atoms with Crippen molar-refractivity contribution in [3.63, 3.8) is 0 Å². The molecule has 2 aliphatic heterocycles. The van der Waals surface area contributed by atoms with Gasteiger partial charge in [-0.25, -0.2) is 9.98 Å². The summed E-state index contributed by atoms with van der Waals surface area (Å²) in [7, 11) is 0. The minimum absolute atomic E-state index is 0.107. The van der Waals surface area contributed by atoms with Crippen molar-refractivity contribution in [1.82, 2.24) is 15.3 Å². The Kier molecular flexibility index (Phi) is 7.60. The van der Waals surface area contributed by atoms with Crippen molar-refractivity contribution >= 4 is 17.4 Å². The van der Waals surface area contributed by atoms with Crippen LogP contribution in [0.3, 0.4) is 0 Å². The third kappa shape index (κ3) is 5.59. The van der Waals surface area contributed by atoms with Crippen LogP contribution in [0.2, 0.25) is 0 Å². The number of nitrogens with zero attached hydrogens (tertiary/aromatic N) is 4. The zero-order valence-corrected chi connectivity index (χ0v) is 20.8. The van der Waals surface area contributed by atoms with Gasteiger partial charge in [0.15, 0.2) is 0 Å². The summed E-state index contributed by atoms with van der Waals surface area (Å²) in [5.74, 6) is 3.52. The molecule has 2 aromatic heterocycles. The first-order chi connectivity index (χ1) is 17.0. The van der Waals surface area contributed by atoms with Crippen LogP contribution in [-0.4, -0.2) is 40.8 Å². The smallest absolute Gasteiger partial charge is 0.141 e. The number of amidine groups is 1. The Morgan fingerprint density at radius 3 is 2.94 bits per heavy atom. The Bertz CT molecular complexity index is 1230. The van der Waals surface area contributed by atoms with Crippen LogP contribution in [0.5, 0.6) is 11.5 Å². The van der Waals surface area contributed by atoms with Crippen LogP contribution < -0.4 is 20.1 Å². The van der Waals surface area contributed by atoms with Crippen LogP contribution in [-0.2, 0) is 6.42 Å². The van der Waals surface area contributed by atoms with Gasteiger partial charge in [-0.05, 0) is 38.8 Å². The minimum atomic E-state index is -0.107. The molecule has 2 aliphatic rings. The van der Waals surface area contributed by atoms with Crippen LogP contribution in [0.15, 0.2) is 71.0 Å². The normalized spacial score (nSPS) is 18.1. The highest BCUT2D eigenvalue weighted by Gasteiger charge is 2.21. The maximum atomic E-state index is 6.40. The number of hydrogen-bond acceptors (Lipinski definition) is 8. The lowest BCUT2D eigenvalue weighted by Gasteiger charge is -2.23. The first-order valence-corrected chi connectivity index (χ1v) is 11.9. The molecule has 2 N–H and O–H groups in total. The molecule has 0 fully saturated rings. The van der Waals surface area contributed by atoms with E-state index in [-0.39, 0.29) is 6.10 Å². The summed E-state index contributed by atoms with van der Waals surface area (Å²) in [5.41, 5.74) is 4.23. The standard InChI is InChI=1S/C27H32N6O2/c1-6-10-29-25(17(3)4)20-16-31-24-13-22(20)35-18(5)9-12-34-26-19(7-2)14-28-15-21(26)27-30-11-8-23(32-24)33-27/h6,8,10,13-16,18H,3,7,9,11-12H2,1-2,4-5H3,(H,30,33)(H,31,32)/b10-6+,29-25+/t18-/m0/s1. The summed E-state index contributed by atoms with van der Waals surface area (Å²) in [4.78, 5) is 18.4. The number of pyridine rings is 2. The fraction of sp³-hybridized carbons (Fsp3) is 0.333. The Hall–Kier alpha value is -3.94. The third-order valence-corrected chi connectivity index (χ3v) is 5.64. The van der Waals surface area contributed by atoms with Gasteiger partial charge in [0.1, 0.15) is 29.0 Å². The van der Waals surface area contributed by atoms with Crippen molar-refractivity contribution in [1.29, 1.82) is 0 Å². The Morgan fingerprint density at radius 2 is 2.17 bits per heavy atom. The summed E-state index contributed by atoms with van der Waals surface area (Å²) >= 11 is 0. The predicted octanol–water partition coefficient (Wildman–Crippen LogP) is 4.79. The molecule has 1 atom stereocenters. The highest BCUT2D eigenvalue weighted by molar-refractivity contribution is 6.13. The molecule has 8 heteroatoms. The zero-order valence-electron chi connectivity index (χ0n) is 20.8. The molecule has 0 saturated carbocycles. The van der Waals surface area contributed by atoms with Gasteiger partial charge in [0, 0.05) is 49.4 Å². The monoisotopic (exact) mass is 472 g/mol. The van der Waals surface area contributed by atoms with Gasteiger partial charge < -0.3 is 20.1 Å². The zero-order chi connectivity index (χ0) is 24.8. The first-order valence-electron chi connectivity index (χ1n) is 11.9. The van der Waals surface area contributed by atoms with E-state index in [4.69, 9.17) is 14.5 Å². The number of fused-ring (bicyclic) bond motifs is 5. The van der Waals surface area contributed by atoms with Crippen LogP contribution in [0.1, 0.15) is 50.8 Å². The molecule has 2 aromatic rings. The number of rotatable bonds is 4.